The number of carbonyl (C=O) groups excluding carboxylic acids is 1. The van der Waals surface area contributed by atoms with Gasteiger partial charge in [-0.05, 0) is 48.6 Å². The molecular formula is C27H38N4O2S2. The van der Waals surface area contributed by atoms with Crippen molar-refractivity contribution in [1.29, 1.82) is 0 Å². The Balaban J connectivity index is 1.28. The lowest BCUT2D eigenvalue weighted by molar-refractivity contribution is -0.144. The van der Waals surface area contributed by atoms with Gasteiger partial charge in [0.25, 0.3) is 0 Å². The molecule has 2 fully saturated rings. The molecule has 0 spiro atoms. The van der Waals surface area contributed by atoms with Crippen LogP contribution in [-0.2, 0) is 17.6 Å². The molecule has 0 aromatic carbocycles. The molecule has 1 amide bonds. The van der Waals surface area contributed by atoms with Gasteiger partial charge in [0.05, 0.1) is 11.8 Å². The van der Waals surface area contributed by atoms with E-state index in [2.05, 4.69) is 30.2 Å². The van der Waals surface area contributed by atoms with Crippen LogP contribution in [0.2, 0.25) is 0 Å². The van der Waals surface area contributed by atoms with E-state index in [0.717, 1.165) is 73.3 Å². The average molecular weight is 515 g/mol. The van der Waals surface area contributed by atoms with Crippen LogP contribution in [0.4, 0.5) is 5.13 Å². The van der Waals surface area contributed by atoms with E-state index in [1.165, 1.54) is 4.88 Å². The van der Waals surface area contributed by atoms with Gasteiger partial charge in [-0.2, -0.15) is 11.8 Å². The first-order valence-corrected chi connectivity index (χ1v) is 15.0. The van der Waals surface area contributed by atoms with Crippen molar-refractivity contribution in [2.75, 3.05) is 36.5 Å². The standard InChI is InChI=1S/C27H38N4O2S2/c1-17(25(33)31-12-14-34-15-13-31)20-7-9-27(3)16-21-23(18(2)22(27)24(20)32)30-26(35-21)29-11-8-19-6-4-5-10-28-19/h4-6,10,17-18,20,22,24,32H,7-9,11-16H2,1-3H3,(H,29,30)/t17-,18-,20-,22+,24-,27-/m0/s1. The van der Waals surface area contributed by atoms with Crippen molar-refractivity contribution in [3.8, 4) is 0 Å². The van der Waals surface area contributed by atoms with Crippen molar-refractivity contribution in [1.82, 2.24) is 14.9 Å². The number of carbonyl (C=O) groups is 1. The number of aromatic nitrogens is 2. The maximum Gasteiger partial charge on any atom is 0.225 e. The molecule has 3 heterocycles. The van der Waals surface area contributed by atoms with Crippen LogP contribution in [0.1, 0.15) is 55.8 Å². The third-order valence-corrected chi connectivity index (χ3v) is 10.6. The molecule has 1 aliphatic heterocycles. The third-order valence-electron chi connectivity index (χ3n) is 8.66. The number of thioether (sulfide) groups is 1. The number of nitrogens with zero attached hydrogens (tertiary/aromatic N) is 3. The zero-order valence-corrected chi connectivity index (χ0v) is 22.7. The average Bonchev–Trinajstić information content (AvgIpc) is 3.27. The summed E-state index contributed by atoms with van der Waals surface area (Å²) in [5, 5.41) is 16.2. The first-order valence-electron chi connectivity index (χ1n) is 13.1. The quantitative estimate of drug-likeness (QED) is 0.593. The Kier molecular flexibility index (Phi) is 7.43. The number of amides is 1. The highest BCUT2D eigenvalue weighted by atomic mass is 32.2. The predicted octanol–water partition coefficient (Wildman–Crippen LogP) is 4.46. The molecule has 6 atom stereocenters. The van der Waals surface area contributed by atoms with Gasteiger partial charge in [0.2, 0.25) is 5.91 Å². The van der Waals surface area contributed by atoms with E-state index in [0.29, 0.717) is 0 Å². The van der Waals surface area contributed by atoms with Crippen LogP contribution in [-0.4, -0.2) is 63.1 Å². The van der Waals surface area contributed by atoms with Crippen molar-refractivity contribution in [2.24, 2.45) is 23.2 Å². The summed E-state index contributed by atoms with van der Waals surface area (Å²) < 4.78 is 0. The molecule has 1 saturated heterocycles. The summed E-state index contributed by atoms with van der Waals surface area (Å²) >= 11 is 3.69. The highest BCUT2D eigenvalue weighted by Crippen LogP contribution is 2.57. The van der Waals surface area contributed by atoms with Gasteiger partial charge in [-0.15, -0.1) is 11.3 Å². The number of nitrogens with one attached hydrogen (secondary N) is 1. The second kappa shape index (κ2) is 10.4. The number of anilines is 1. The Morgan fingerprint density at radius 1 is 1.34 bits per heavy atom. The fraction of sp³-hybridized carbons (Fsp3) is 0.667. The summed E-state index contributed by atoms with van der Waals surface area (Å²) in [7, 11) is 0. The highest BCUT2D eigenvalue weighted by Gasteiger charge is 2.54. The second-order valence-electron chi connectivity index (χ2n) is 10.9. The van der Waals surface area contributed by atoms with Crippen molar-refractivity contribution < 1.29 is 9.90 Å². The third kappa shape index (κ3) is 4.98. The monoisotopic (exact) mass is 514 g/mol. The van der Waals surface area contributed by atoms with E-state index in [1.807, 2.05) is 41.9 Å². The second-order valence-corrected chi connectivity index (χ2v) is 13.2. The van der Waals surface area contributed by atoms with E-state index in [-0.39, 0.29) is 35.0 Å². The normalized spacial score (nSPS) is 31.4. The molecular weight excluding hydrogens is 476 g/mol. The fourth-order valence-electron chi connectivity index (χ4n) is 6.72. The van der Waals surface area contributed by atoms with Gasteiger partial charge >= 0.3 is 0 Å². The van der Waals surface area contributed by atoms with Crippen LogP contribution in [0, 0.1) is 23.2 Å². The number of aliphatic hydroxyl groups is 1. The smallest absolute Gasteiger partial charge is 0.225 e. The van der Waals surface area contributed by atoms with Gasteiger partial charge in [-0.25, -0.2) is 4.98 Å². The van der Waals surface area contributed by atoms with Crippen molar-refractivity contribution in [2.45, 2.75) is 58.5 Å². The van der Waals surface area contributed by atoms with Gasteiger partial charge in [-0.1, -0.05) is 26.8 Å². The van der Waals surface area contributed by atoms with Crippen molar-refractivity contribution in [3.05, 3.63) is 40.7 Å². The van der Waals surface area contributed by atoms with Gasteiger partial charge in [-0.3, -0.25) is 9.78 Å². The Morgan fingerprint density at radius 2 is 2.14 bits per heavy atom. The van der Waals surface area contributed by atoms with Crippen LogP contribution >= 0.6 is 23.1 Å². The molecule has 2 aromatic heterocycles. The Bertz CT molecular complexity index is 1030. The maximum atomic E-state index is 13.3. The Labute approximate surface area is 217 Å². The number of pyridine rings is 1. The van der Waals surface area contributed by atoms with E-state index >= 15 is 0 Å². The summed E-state index contributed by atoms with van der Waals surface area (Å²) in [6, 6.07) is 6.01. The lowest BCUT2D eigenvalue weighted by atomic mass is 9.53. The lowest BCUT2D eigenvalue weighted by Crippen LogP contribution is -2.54. The topological polar surface area (TPSA) is 78.4 Å². The Hall–Kier alpha value is -1.64. The summed E-state index contributed by atoms with van der Waals surface area (Å²) in [5.74, 6) is 2.47. The van der Waals surface area contributed by atoms with Crippen LogP contribution in [0.3, 0.4) is 0 Å². The zero-order valence-electron chi connectivity index (χ0n) is 21.1. The first-order chi connectivity index (χ1) is 16.9. The van der Waals surface area contributed by atoms with Crippen molar-refractivity contribution >= 4 is 34.1 Å². The molecule has 0 unspecified atom stereocenters. The number of fused-ring (bicyclic) bond motifs is 2. The Morgan fingerprint density at radius 3 is 2.89 bits per heavy atom. The summed E-state index contributed by atoms with van der Waals surface area (Å²) in [6.45, 7) is 9.11. The minimum Gasteiger partial charge on any atom is -0.392 e. The van der Waals surface area contributed by atoms with E-state index in [4.69, 9.17) is 4.98 Å². The summed E-state index contributed by atoms with van der Waals surface area (Å²) in [5.41, 5.74) is 2.27. The molecule has 8 heteroatoms. The SMILES string of the molecule is C[C@H](C(=O)N1CCSCC1)[C@@H]1CC[C@@]2(C)Cc3sc(NCCc4ccccn4)nc3[C@@H](C)[C@@H]2[C@H]1O. The van der Waals surface area contributed by atoms with Crippen molar-refractivity contribution in [3.63, 3.8) is 0 Å². The molecule has 2 aromatic rings. The van der Waals surface area contributed by atoms with Gasteiger partial charge in [0.15, 0.2) is 5.13 Å². The fourth-order valence-corrected chi connectivity index (χ4v) is 8.91. The number of rotatable bonds is 6. The van der Waals surface area contributed by atoms with Gasteiger partial charge in [0.1, 0.15) is 0 Å². The summed E-state index contributed by atoms with van der Waals surface area (Å²) in [4.78, 5) is 26.0. The van der Waals surface area contributed by atoms with E-state index < -0.39 is 6.10 Å². The number of hydrogen-bond acceptors (Lipinski definition) is 7. The number of thiazole rings is 1. The van der Waals surface area contributed by atoms with E-state index in [1.54, 1.807) is 11.3 Å². The molecule has 5 rings (SSSR count). The largest absolute Gasteiger partial charge is 0.392 e. The lowest BCUT2D eigenvalue weighted by Gasteiger charge is -2.53. The molecule has 35 heavy (non-hydrogen) atoms. The summed E-state index contributed by atoms with van der Waals surface area (Å²) in [6.07, 6.45) is 5.16. The molecule has 0 bridgehead atoms. The minimum atomic E-state index is -0.475. The highest BCUT2D eigenvalue weighted by molar-refractivity contribution is 7.99. The van der Waals surface area contributed by atoms with Gasteiger partial charge in [0, 0.05) is 66.2 Å². The molecule has 6 nitrogen and oxygen atoms in total. The van der Waals surface area contributed by atoms with Crippen LogP contribution in [0.25, 0.3) is 0 Å². The van der Waals surface area contributed by atoms with Gasteiger partial charge < -0.3 is 15.3 Å². The molecule has 2 aliphatic carbocycles. The maximum absolute atomic E-state index is 13.3. The first kappa shape index (κ1) is 25.0. The van der Waals surface area contributed by atoms with Crippen LogP contribution in [0.15, 0.2) is 24.4 Å². The van der Waals surface area contributed by atoms with Crippen LogP contribution < -0.4 is 5.32 Å². The zero-order chi connectivity index (χ0) is 24.6. The molecule has 0 radical (unpaired) electrons. The molecule has 2 N–H and O–H groups in total. The number of aliphatic hydroxyl groups excluding tert-OH is 1. The van der Waals surface area contributed by atoms with E-state index in [9.17, 15) is 9.90 Å². The van der Waals surface area contributed by atoms with Crippen LogP contribution in [0.5, 0.6) is 0 Å². The molecule has 190 valence electrons. The predicted molar refractivity (Wildman–Crippen MR) is 144 cm³/mol. The molecule has 3 aliphatic rings. The molecule has 1 saturated carbocycles. The minimum absolute atomic E-state index is 0.0220. The number of hydrogen-bond donors (Lipinski definition) is 2.